The molecule has 0 aliphatic carbocycles. The first kappa shape index (κ1) is 18.2. The Morgan fingerprint density at radius 1 is 1.40 bits per heavy atom. The first-order valence-corrected chi connectivity index (χ1v) is 10.7. The van der Waals surface area contributed by atoms with E-state index in [0.29, 0.717) is 56.0 Å². The molecule has 9 heteroatoms. The van der Waals surface area contributed by atoms with Gasteiger partial charge in [-0.3, -0.25) is 13.9 Å². The summed E-state index contributed by atoms with van der Waals surface area (Å²) in [6, 6.07) is 3.86. The Balaban J connectivity index is 1.60. The summed E-state index contributed by atoms with van der Waals surface area (Å²) in [5.74, 6) is 2.28. The molecule has 25 heavy (non-hydrogen) atoms. The lowest BCUT2D eigenvalue weighted by Crippen LogP contribution is -2.45. The summed E-state index contributed by atoms with van der Waals surface area (Å²) in [5.41, 5.74) is 0. The molecule has 0 atom stereocenters. The van der Waals surface area contributed by atoms with Crippen LogP contribution in [0.3, 0.4) is 0 Å². The topological polar surface area (TPSA) is 79.5 Å². The number of thiophene rings is 1. The normalized spacial score (nSPS) is 16.2. The van der Waals surface area contributed by atoms with Gasteiger partial charge in [-0.2, -0.15) is 0 Å². The zero-order valence-corrected chi connectivity index (χ0v) is 15.9. The van der Waals surface area contributed by atoms with Gasteiger partial charge in [-0.05, 0) is 17.9 Å². The number of carbonyl (C=O) groups is 1. The van der Waals surface area contributed by atoms with Gasteiger partial charge >= 0.3 is 0 Å². The monoisotopic (exact) mass is 382 g/mol. The molecule has 0 saturated carbocycles. The van der Waals surface area contributed by atoms with E-state index in [4.69, 9.17) is 4.42 Å². The van der Waals surface area contributed by atoms with Crippen LogP contribution >= 0.6 is 11.3 Å². The summed E-state index contributed by atoms with van der Waals surface area (Å²) >= 11 is 1.54. The van der Waals surface area contributed by atoms with Crippen molar-refractivity contribution in [1.82, 2.24) is 20.0 Å². The SMILES string of the molecule is CCCN(Cc1nnc(-c2cccs2)o1)C(=O)CN1CCS(=O)CC1. The van der Waals surface area contributed by atoms with Gasteiger partial charge in [-0.15, -0.1) is 21.5 Å². The van der Waals surface area contributed by atoms with Crippen molar-refractivity contribution < 1.29 is 13.4 Å². The van der Waals surface area contributed by atoms with Crippen molar-refractivity contribution in [3.05, 3.63) is 23.4 Å². The van der Waals surface area contributed by atoms with Crippen molar-refractivity contribution in [2.24, 2.45) is 0 Å². The first-order chi connectivity index (χ1) is 12.2. The molecule has 1 saturated heterocycles. The van der Waals surface area contributed by atoms with Gasteiger partial charge in [0, 0.05) is 41.9 Å². The van der Waals surface area contributed by atoms with Crippen molar-refractivity contribution >= 4 is 28.0 Å². The third kappa shape index (κ3) is 4.96. The van der Waals surface area contributed by atoms with Crippen LogP contribution in [0.15, 0.2) is 21.9 Å². The predicted molar refractivity (Wildman–Crippen MR) is 97.6 cm³/mol. The highest BCUT2D eigenvalue weighted by atomic mass is 32.2. The fraction of sp³-hybridized carbons (Fsp3) is 0.562. The molecule has 2 aromatic rings. The van der Waals surface area contributed by atoms with E-state index in [9.17, 15) is 9.00 Å². The Bertz CT molecular complexity index is 707. The molecule has 7 nitrogen and oxygen atoms in total. The zero-order valence-electron chi connectivity index (χ0n) is 14.2. The Labute approximate surface area is 153 Å². The van der Waals surface area contributed by atoms with Crippen LogP contribution in [-0.4, -0.2) is 67.8 Å². The maximum absolute atomic E-state index is 12.6. The van der Waals surface area contributed by atoms with E-state index in [1.54, 1.807) is 4.90 Å². The quantitative estimate of drug-likeness (QED) is 0.724. The van der Waals surface area contributed by atoms with E-state index >= 15 is 0 Å². The van der Waals surface area contributed by atoms with Crippen LogP contribution in [0.1, 0.15) is 19.2 Å². The van der Waals surface area contributed by atoms with E-state index in [1.165, 1.54) is 11.3 Å². The molecule has 136 valence electrons. The van der Waals surface area contributed by atoms with Gasteiger partial charge in [0.2, 0.25) is 11.8 Å². The molecule has 1 aliphatic rings. The largest absolute Gasteiger partial charge is 0.418 e. The predicted octanol–water partition coefficient (Wildman–Crippen LogP) is 1.60. The Morgan fingerprint density at radius 3 is 2.88 bits per heavy atom. The van der Waals surface area contributed by atoms with Crippen molar-refractivity contribution in [3.63, 3.8) is 0 Å². The molecule has 3 heterocycles. The fourth-order valence-corrected chi connectivity index (χ4v) is 4.44. The van der Waals surface area contributed by atoms with Gasteiger partial charge in [0.05, 0.1) is 18.0 Å². The lowest BCUT2D eigenvalue weighted by molar-refractivity contribution is -0.133. The average Bonchev–Trinajstić information content (AvgIpc) is 3.27. The number of hydrogen-bond acceptors (Lipinski definition) is 7. The van der Waals surface area contributed by atoms with Crippen molar-refractivity contribution in [2.45, 2.75) is 19.9 Å². The number of rotatable bonds is 7. The standard InChI is InChI=1S/C16H22N4O3S2/c1-2-5-20(15(21)12-19-6-9-25(22)10-7-19)11-14-17-18-16(23-14)13-4-3-8-24-13/h3-4,8H,2,5-7,9-12H2,1H3. The molecule has 0 unspecified atom stereocenters. The van der Waals surface area contributed by atoms with E-state index < -0.39 is 10.8 Å². The van der Waals surface area contributed by atoms with E-state index in [1.807, 2.05) is 24.4 Å². The molecule has 2 aromatic heterocycles. The Morgan fingerprint density at radius 2 is 2.20 bits per heavy atom. The highest BCUT2D eigenvalue weighted by molar-refractivity contribution is 7.85. The summed E-state index contributed by atoms with van der Waals surface area (Å²) in [7, 11) is -0.732. The smallest absolute Gasteiger partial charge is 0.257 e. The second kappa shape index (κ2) is 8.68. The first-order valence-electron chi connectivity index (χ1n) is 8.37. The summed E-state index contributed by atoms with van der Waals surface area (Å²) in [6.07, 6.45) is 0.863. The molecule has 0 N–H and O–H groups in total. The average molecular weight is 383 g/mol. The summed E-state index contributed by atoms with van der Waals surface area (Å²) in [6.45, 7) is 4.78. The molecular weight excluding hydrogens is 360 g/mol. The van der Waals surface area contributed by atoms with Crippen molar-refractivity contribution in [1.29, 1.82) is 0 Å². The minimum Gasteiger partial charge on any atom is -0.418 e. The molecule has 3 rings (SSSR count). The van der Waals surface area contributed by atoms with Gasteiger partial charge < -0.3 is 9.32 Å². The highest BCUT2D eigenvalue weighted by Crippen LogP contribution is 2.23. The lowest BCUT2D eigenvalue weighted by atomic mass is 10.3. The number of carbonyl (C=O) groups excluding carboxylic acids is 1. The van der Waals surface area contributed by atoms with Crippen LogP contribution in [0.25, 0.3) is 10.8 Å². The minimum atomic E-state index is -0.732. The van der Waals surface area contributed by atoms with Crippen LogP contribution in [0.4, 0.5) is 0 Å². The second-order valence-corrected chi connectivity index (χ2v) is 8.56. The maximum Gasteiger partial charge on any atom is 0.257 e. The molecule has 1 aliphatic heterocycles. The molecule has 1 fully saturated rings. The Hall–Kier alpha value is -1.58. The summed E-state index contributed by atoms with van der Waals surface area (Å²) in [4.78, 5) is 17.4. The zero-order chi connectivity index (χ0) is 17.6. The van der Waals surface area contributed by atoms with E-state index in [-0.39, 0.29) is 5.91 Å². The van der Waals surface area contributed by atoms with Crippen LogP contribution < -0.4 is 0 Å². The van der Waals surface area contributed by atoms with Gasteiger partial charge in [0.1, 0.15) is 0 Å². The third-order valence-corrected chi connectivity index (χ3v) is 6.13. The van der Waals surface area contributed by atoms with Crippen LogP contribution in [-0.2, 0) is 22.1 Å². The minimum absolute atomic E-state index is 0.0467. The lowest BCUT2D eigenvalue weighted by Gasteiger charge is -2.28. The number of hydrogen-bond donors (Lipinski definition) is 0. The number of aromatic nitrogens is 2. The molecule has 0 aromatic carbocycles. The maximum atomic E-state index is 12.6. The number of amides is 1. The van der Waals surface area contributed by atoms with Gasteiger partial charge in [0.15, 0.2) is 0 Å². The van der Waals surface area contributed by atoms with Crippen molar-refractivity contribution in [2.75, 3.05) is 37.7 Å². The van der Waals surface area contributed by atoms with Gasteiger partial charge in [0.25, 0.3) is 5.89 Å². The van der Waals surface area contributed by atoms with E-state index in [2.05, 4.69) is 15.1 Å². The Kier molecular flexibility index (Phi) is 6.33. The summed E-state index contributed by atoms with van der Waals surface area (Å²) < 4.78 is 17.1. The molecular formula is C16H22N4O3S2. The van der Waals surface area contributed by atoms with Crippen molar-refractivity contribution in [3.8, 4) is 10.8 Å². The summed E-state index contributed by atoms with van der Waals surface area (Å²) in [5, 5.41) is 10.1. The number of nitrogens with zero attached hydrogens (tertiary/aromatic N) is 4. The molecule has 0 spiro atoms. The third-order valence-electron chi connectivity index (χ3n) is 4.00. The van der Waals surface area contributed by atoms with Gasteiger partial charge in [-0.25, -0.2) is 0 Å². The molecule has 0 bridgehead atoms. The second-order valence-electron chi connectivity index (χ2n) is 5.92. The van der Waals surface area contributed by atoms with Gasteiger partial charge in [-0.1, -0.05) is 13.0 Å². The van der Waals surface area contributed by atoms with E-state index in [0.717, 1.165) is 11.3 Å². The fourth-order valence-electron chi connectivity index (χ4n) is 2.67. The van der Waals surface area contributed by atoms with Crippen LogP contribution in [0.2, 0.25) is 0 Å². The van der Waals surface area contributed by atoms with Crippen LogP contribution in [0, 0.1) is 0 Å². The molecule has 1 amide bonds. The molecule has 0 radical (unpaired) electrons. The highest BCUT2D eigenvalue weighted by Gasteiger charge is 2.22. The van der Waals surface area contributed by atoms with Crippen LogP contribution in [0.5, 0.6) is 0 Å².